The molecular formula is C28H23ClN2O6S. The number of benzene rings is 3. The minimum atomic E-state index is -1.04. The molecule has 0 unspecified atom stereocenters. The molecule has 0 spiro atoms. The predicted molar refractivity (Wildman–Crippen MR) is 147 cm³/mol. The molecule has 0 bridgehead atoms. The lowest BCUT2D eigenvalue weighted by molar-refractivity contribution is -0.132. The minimum absolute atomic E-state index is 0.0989. The summed E-state index contributed by atoms with van der Waals surface area (Å²) in [6.45, 7) is 2.40. The minimum Gasteiger partial charge on any atom is -0.507 e. The molecule has 1 amide bonds. The predicted octanol–water partition coefficient (Wildman–Crippen LogP) is 5.99. The van der Waals surface area contributed by atoms with Gasteiger partial charge in [0.15, 0.2) is 16.6 Å². The quantitative estimate of drug-likeness (QED) is 0.171. The van der Waals surface area contributed by atoms with Gasteiger partial charge in [0.25, 0.3) is 5.78 Å². The Morgan fingerprint density at radius 1 is 1.08 bits per heavy atom. The first kappa shape index (κ1) is 25.6. The van der Waals surface area contributed by atoms with Gasteiger partial charge in [-0.15, -0.1) is 0 Å². The number of nitrogens with zero attached hydrogens (tertiary/aromatic N) is 2. The van der Waals surface area contributed by atoms with E-state index < -0.39 is 17.7 Å². The largest absolute Gasteiger partial charge is 0.507 e. The van der Waals surface area contributed by atoms with Crippen LogP contribution >= 0.6 is 22.9 Å². The van der Waals surface area contributed by atoms with Crippen molar-refractivity contribution in [2.45, 2.75) is 13.0 Å². The summed E-state index contributed by atoms with van der Waals surface area (Å²) >= 11 is 7.27. The molecule has 1 aliphatic heterocycles. The molecule has 1 aromatic heterocycles. The third kappa shape index (κ3) is 4.33. The van der Waals surface area contributed by atoms with Crippen LogP contribution in [0.1, 0.15) is 24.1 Å². The Hall–Kier alpha value is -4.08. The van der Waals surface area contributed by atoms with E-state index in [4.69, 9.17) is 25.8 Å². The van der Waals surface area contributed by atoms with Gasteiger partial charge in [0.2, 0.25) is 0 Å². The molecule has 5 rings (SSSR count). The van der Waals surface area contributed by atoms with Crippen molar-refractivity contribution in [1.29, 1.82) is 0 Å². The van der Waals surface area contributed by atoms with Crippen LogP contribution in [0, 0.1) is 0 Å². The van der Waals surface area contributed by atoms with Crippen molar-refractivity contribution in [2.75, 3.05) is 25.7 Å². The second-order valence-electron chi connectivity index (χ2n) is 8.32. The van der Waals surface area contributed by atoms with Gasteiger partial charge in [-0.3, -0.25) is 14.5 Å². The third-order valence-electron chi connectivity index (χ3n) is 6.16. The van der Waals surface area contributed by atoms with Gasteiger partial charge in [0, 0.05) is 16.1 Å². The van der Waals surface area contributed by atoms with Crippen LogP contribution in [-0.2, 0) is 9.59 Å². The maximum absolute atomic E-state index is 13.6. The standard InChI is InChI=1S/C28H23ClN2O6S/c1-4-37-17-12-13-19-21(14-17)38-28(30-19)31-23(18-6-5-7-20(35-2)26(18)36-3)22(25(33)27(31)34)24(32)15-8-10-16(29)11-9-15/h5-14,23,32H,4H2,1-3H3/t23-/m1/s1. The number of methoxy groups -OCH3 is 2. The molecular weight excluding hydrogens is 528 g/mol. The molecule has 0 radical (unpaired) electrons. The lowest BCUT2D eigenvalue weighted by Crippen LogP contribution is -2.29. The van der Waals surface area contributed by atoms with E-state index in [1.165, 1.54) is 30.5 Å². The number of aliphatic hydroxyl groups excluding tert-OH is 1. The maximum atomic E-state index is 13.6. The summed E-state index contributed by atoms with van der Waals surface area (Å²) in [4.78, 5) is 33.0. The van der Waals surface area contributed by atoms with Crippen molar-refractivity contribution < 1.29 is 28.9 Å². The lowest BCUT2D eigenvalue weighted by Gasteiger charge is -2.25. The smallest absolute Gasteiger partial charge is 0.301 e. The monoisotopic (exact) mass is 550 g/mol. The van der Waals surface area contributed by atoms with Crippen LogP contribution in [0.3, 0.4) is 0 Å². The van der Waals surface area contributed by atoms with E-state index in [2.05, 4.69) is 4.98 Å². The molecule has 1 N–H and O–H groups in total. The van der Waals surface area contributed by atoms with Crippen LogP contribution in [-0.4, -0.2) is 42.6 Å². The van der Waals surface area contributed by atoms with Crippen molar-refractivity contribution in [2.24, 2.45) is 0 Å². The molecule has 1 saturated heterocycles. The molecule has 1 aliphatic rings. The number of ketones is 1. The summed E-state index contributed by atoms with van der Waals surface area (Å²) < 4.78 is 17.5. The highest BCUT2D eigenvalue weighted by Crippen LogP contribution is 2.48. The second kappa shape index (κ2) is 10.4. The molecule has 3 aromatic carbocycles. The average Bonchev–Trinajstić information content (AvgIpc) is 3.45. The van der Waals surface area contributed by atoms with Crippen LogP contribution in [0.15, 0.2) is 66.2 Å². The van der Waals surface area contributed by atoms with Crippen molar-refractivity contribution in [3.05, 3.63) is 82.4 Å². The second-order valence-corrected chi connectivity index (χ2v) is 9.76. The zero-order valence-corrected chi connectivity index (χ0v) is 22.3. The number of aliphatic hydroxyl groups is 1. The number of carbonyl (C=O) groups excluding carboxylic acids is 2. The van der Waals surface area contributed by atoms with Crippen LogP contribution < -0.4 is 19.1 Å². The van der Waals surface area contributed by atoms with E-state index in [0.29, 0.717) is 50.7 Å². The molecule has 38 heavy (non-hydrogen) atoms. The molecule has 1 fully saturated rings. The van der Waals surface area contributed by atoms with Crippen LogP contribution in [0.25, 0.3) is 16.0 Å². The Morgan fingerprint density at radius 3 is 2.53 bits per heavy atom. The molecule has 194 valence electrons. The first-order chi connectivity index (χ1) is 18.4. The number of halogens is 1. The van der Waals surface area contributed by atoms with Gasteiger partial charge in [0.1, 0.15) is 17.6 Å². The number of para-hydroxylation sites is 1. The Morgan fingerprint density at radius 2 is 1.84 bits per heavy atom. The van der Waals surface area contributed by atoms with Crippen molar-refractivity contribution in [3.63, 3.8) is 0 Å². The zero-order valence-electron chi connectivity index (χ0n) is 20.7. The molecule has 1 atom stereocenters. The summed E-state index contributed by atoms with van der Waals surface area (Å²) in [5.74, 6) is -0.592. The summed E-state index contributed by atoms with van der Waals surface area (Å²) in [5, 5.41) is 12.1. The van der Waals surface area contributed by atoms with E-state index >= 15 is 0 Å². The van der Waals surface area contributed by atoms with Gasteiger partial charge < -0.3 is 19.3 Å². The van der Waals surface area contributed by atoms with Crippen molar-refractivity contribution in [3.8, 4) is 17.2 Å². The number of amides is 1. The normalized spacial score (nSPS) is 16.7. The fourth-order valence-electron chi connectivity index (χ4n) is 4.47. The van der Waals surface area contributed by atoms with Gasteiger partial charge in [-0.05, 0) is 55.5 Å². The number of Topliss-reactive ketones (excluding diaryl/α,β-unsaturated/α-hetero) is 1. The number of fused-ring (bicyclic) bond motifs is 1. The summed E-state index contributed by atoms with van der Waals surface area (Å²) in [7, 11) is 2.97. The van der Waals surface area contributed by atoms with Gasteiger partial charge in [0.05, 0.1) is 36.6 Å². The van der Waals surface area contributed by atoms with Gasteiger partial charge >= 0.3 is 5.91 Å². The van der Waals surface area contributed by atoms with Crippen LogP contribution in [0.4, 0.5) is 5.13 Å². The third-order valence-corrected chi connectivity index (χ3v) is 7.43. The fourth-order valence-corrected chi connectivity index (χ4v) is 5.61. The highest BCUT2D eigenvalue weighted by Gasteiger charge is 2.49. The Bertz CT molecular complexity index is 1580. The van der Waals surface area contributed by atoms with E-state index in [9.17, 15) is 14.7 Å². The zero-order chi connectivity index (χ0) is 27.0. The molecule has 0 saturated carbocycles. The Labute approximate surface area is 227 Å². The van der Waals surface area contributed by atoms with Crippen molar-refractivity contribution >= 4 is 55.7 Å². The topological polar surface area (TPSA) is 98.2 Å². The van der Waals surface area contributed by atoms with Gasteiger partial charge in [-0.1, -0.05) is 35.1 Å². The number of thiazole rings is 1. The number of carbonyl (C=O) groups is 2. The molecule has 0 aliphatic carbocycles. The number of aromatic nitrogens is 1. The highest BCUT2D eigenvalue weighted by molar-refractivity contribution is 7.22. The Balaban J connectivity index is 1.75. The number of hydrogen-bond donors (Lipinski definition) is 1. The maximum Gasteiger partial charge on any atom is 0.301 e. The van der Waals surface area contributed by atoms with Crippen LogP contribution in [0.5, 0.6) is 17.2 Å². The molecule has 4 aromatic rings. The van der Waals surface area contributed by atoms with Crippen molar-refractivity contribution in [1.82, 2.24) is 4.98 Å². The van der Waals surface area contributed by atoms with E-state index in [-0.39, 0.29) is 11.3 Å². The molecule has 2 heterocycles. The fraction of sp³-hybridized carbons (Fsp3) is 0.179. The van der Waals surface area contributed by atoms with E-state index in [1.807, 2.05) is 13.0 Å². The average molecular weight is 551 g/mol. The van der Waals surface area contributed by atoms with Crippen LogP contribution in [0.2, 0.25) is 5.02 Å². The first-order valence-corrected chi connectivity index (χ1v) is 12.9. The number of ether oxygens (including phenoxy) is 3. The number of rotatable bonds is 7. The van der Waals surface area contributed by atoms with E-state index in [1.54, 1.807) is 54.6 Å². The number of hydrogen-bond acceptors (Lipinski definition) is 8. The summed E-state index contributed by atoms with van der Waals surface area (Å²) in [6, 6.07) is 15.9. The van der Waals surface area contributed by atoms with Gasteiger partial charge in [-0.25, -0.2) is 4.98 Å². The van der Waals surface area contributed by atoms with Gasteiger partial charge in [-0.2, -0.15) is 0 Å². The number of anilines is 1. The highest BCUT2D eigenvalue weighted by atomic mass is 35.5. The summed E-state index contributed by atoms with van der Waals surface area (Å²) in [6.07, 6.45) is 0. The summed E-state index contributed by atoms with van der Waals surface area (Å²) in [5.41, 5.74) is 1.34. The lowest BCUT2D eigenvalue weighted by atomic mass is 9.94. The molecule has 8 nitrogen and oxygen atoms in total. The SMILES string of the molecule is CCOc1ccc2nc(N3C(=O)C(=O)C(=C(O)c4ccc(Cl)cc4)[C@H]3c3cccc(OC)c3OC)sc2c1. The van der Waals surface area contributed by atoms with E-state index in [0.717, 1.165) is 4.70 Å². The Kier molecular flexibility index (Phi) is 6.96. The first-order valence-electron chi connectivity index (χ1n) is 11.7. The molecule has 10 heteroatoms.